The molecule has 4 rings (SSSR count). The third kappa shape index (κ3) is 7.99. The summed E-state index contributed by atoms with van der Waals surface area (Å²) in [5, 5.41) is 13.0. The lowest BCUT2D eigenvalue weighted by Gasteiger charge is -2.33. The summed E-state index contributed by atoms with van der Waals surface area (Å²) in [6.07, 6.45) is -3.24. The van der Waals surface area contributed by atoms with Crippen LogP contribution in [0.1, 0.15) is 64.9 Å². The third-order valence-electron chi connectivity index (χ3n) is 7.48. The summed E-state index contributed by atoms with van der Waals surface area (Å²) in [5.74, 6) is 5.96. The van der Waals surface area contributed by atoms with Gasteiger partial charge in [-0.05, 0) is 61.2 Å². The van der Waals surface area contributed by atoms with Crippen LogP contribution in [0.2, 0.25) is 0 Å². The molecule has 9 nitrogen and oxygen atoms in total. The number of anilines is 2. The topological polar surface area (TPSA) is 128 Å². The molecular formula is C32H38F3N8O+. The molecule has 0 bridgehead atoms. The number of nitrogens with zero attached hydrogens (tertiary/aromatic N) is 4. The first-order valence-corrected chi connectivity index (χ1v) is 14.5. The number of alkyl halides is 3. The summed E-state index contributed by atoms with van der Waals surface area (Å²) >= 11 is 0. The Hall–Kier alpha value is -4.31. The second kappa shape index (κ2) is 14.0. The number of rotatable bonds is 8. The van der Waals surface area contributed by atoms with Gasteiger partial charge in [0.2, 0.25) is 5.82 Å². The molecule has 0 saturated carbocycles. The highest BCUT2D eigenvalue weighted by Gasteiger charge is 2.34. The van der Waals surface area contributed by atoms with Gasteiger partial charge in [0, 0.05) is 49.5 Å². The summed E-state index contributed by atoms with van der Waals surface area (Å²) in [5.41, 5.74) is 7.35. The number of hydrogen-bond donors (Lipinski definition) is 4. The maximum Gasteiger partial charge on any atom is 0.416 e. The van der Waals surface area contributed by atoms with Gasteiger partial charge >= 0.3 is 6.18 Å². The lowest BCUT2D eigenvalue weighted by Crippen LogP contribution is -2.78. The second-order valence-corrected chi connectivity index (χ2v) is 11.1. The third-order valence-corrected chi connectivity index (χ3v) is 7.48. The first-order chi connectivity index (χ1) is 20.9. The largest absolute Gasteiger partial charge is 0.416 e. The highest BCUT2D eigenvalue weighted by Crippen LogP contribution is 2.35. The minimum atomic E-state index is -4.57. The first-order valence-electron chi connectivity index (χ1n) is 14.5. The second-order valence-electron chi connectivity index (χ2n) is 11.1. The van der Waals surface area contributed by atoms with Crippen molar-refractivity contribution in [3.8, 4) is 11.8 Å². The smallest absolute Gasteiger partial charge is 0.383 e. The van der Waals surface area contributed by atoms with E-state index in [0.717, 1.165) is 24.7 Å². The number of piperazine rings is 1. The van der Waals surface area contributed by atoms with Crippen LogP contribution in [0.4, 0.5) is 30.5 Å². The molecule has 0 radical (unpaired) electrons. The van der Waals surface area contributed by atoms with Crippen LogP contribution in [0.5, 0.6) is 0 Å². The van der Waals surface area contributed by atoms with Crippen LogP contribution in [0.15, 0.2) is 42.7 Å². The van der Waals surface area contributed by atoms with E-state index in [1.807, 2.05) is 38.0 Å². The van der Waals surface area contributed by atoms with E-state index in [9.17, 15) is 18.0 Å². The molecule has 12 heteroatoms. The number of nitrogen functional groups attached to an aromatic ring is 1. The zero-order valence-electron chi connectivity index (χ0n) is 25.3. The minimum Gasteiger partial charge on any atom is -0.383 e. The standard InChI is InChI=1S/C32H37F3N8O/c1-5-38-30-28(29(37)39-19-40-30)27(36)11-8-21-16-22(7-10-25(21)20(2)3)31(44)41-24-9-6-23(26(17-24)32(33,34)35)18-43-14-12-42(4)13-15-43/h6-7,9-10,16-17,19-20,36H,5,12-15,18H2,1-4H3,(H,41,44)(H3,37,38,39,40)/p+1. The highest BCUT2D eigenvalue weighted by atomic mass is 19.4. The molecule has 1 fully saturated rings. The molecule has 44 heavy (non-hydrogen) atoms. The predicted molar refractivity (Wildman–Crippen MR) is 165 cm³/mol. The van der Waals surface area contributed by atoms with Crippen LogP contribution in [0, 0.1) is 17.3 Å². The number of likely N-dealkylation sites (N-methyl/N-ethyl adjacent to an activating group) is 1. The quantitative estimate of drug-likeness (QED) is 0.228. The molecule has 1 amide bonds. The Kier molecular flexibility index (Phi) is 10.4. The Morgan fingerprint density at radius 1 is 1.14 bits per heavy atom. The monoisotopic (exact) mass is 607 g/mol. The van der Waals surface area contributed by atoms with E-state index >= 15 is 0 Å². The van der Waals surface area contributed by atoms with Crippen molar-refractivity contribution < 1.29 is 23.3 Å². The van der Waals surface area contributed by atoms with Crippen LogP contribution in [0.25, 0.3) is 0 Å². The van der Waals surface area contributed by atoms with E-state index in [2.05, 4.69) is 32.0 Å². The molecule has 232 valence electrons. The number of aromatic nitrogens is 2. The summed E-state index contributed by atoms with van der Waals surface area (Å²) < 4.78 is 42.2. The molecule has 0 spiro atoms. The van der Waals surface area contributed by atoms with E-state index in [1.165, 1.54) is 18.5 Å². The van der Waals surface area contributed by atoms with Gasteiger partial charge in [-0.2, -0.15) is 18.2 Å². The van der Waals surface area contributed by atoms with E-state index in [0.29, 0.717) is 36.6 Å². The number of benzene rings is 2. The lowest BCUT2D eigenvalue weighted by molar-refractivity contribution is -0.571. The molecule has 0 unspecified atom stereocenters. The molecule has 2 aromatic carbocycles. The van der Waals surface area contributed by atoms with E-state index < -0.39 is 17.6 Å². The summed E-state index contributed by atoms with van der Waals surface area (Å²) in [7, 11) is 1.99. The molecule has 1 saturated heterocycles. The van der Waals surface area contributed by atoms with Gasteiger partial charge in [0.15, 0.2) is 0 Å². The van der Waals surface area contributed by atoms with E-state index in [-0.39, 0.29) is 40.8 Å². The Labute approximate surface area is 255 Å². The Balaban J connectivity index is 1.59. The number of carbonyl (C=O) groups is 1. The van der Waals surface area contributed by atoms with Gasteiger partial charge in [0.05, 0.1) is 12.1 Å². The zero-order chi connectivity index (χ0) is 32.0. The Bertz CT molecular complexity index is 1580. The fraction of sp³-hybridized carbons (Fsp3) is 0.375. The maximum absolute atomic E-state index is 14.1. The molecule has 3 aromatic rings. The zero-order valence-corrected chi connectivity index (χ0v) is 25.3. The predicted octanol–water partition coefficient (Wildman–Crippen LogP) is 3.84. The molecule has 0 atom stereocenters. The average molecular weight is 608 g/mol. The van der Waals surface area contributed by atoms with Crippen molar-refractivity contribution >= 4 is 28.9 Å². The summed E-state index contributed by atoms with van der Waals surface area (Å²) in [6.45, 7) is 9.73. The number of quaternary nitrogens is 1. The van der Waals surface area contributed by atoms with E-state index in [1.54, 1.807) is 18.2 Å². The summed E-state index contributed by atoms with van der Waals surface area (Å²) in [6, 6.07) is 8.89. The fourth-order valence-corrected chi connectivity index (χ4v) is 5.03. The fourth-order valence-electron chi connectivity index (χ4n) is 5.03. The van der Waals surface area contributed by atoms with Gasteiger partial charge in [-0.25, -0.2) is 4.98 Å². The van der Waals surface area contributed by atoms with Gasteiger partial charge in [-0.15, -0.1) is 0 Å². The van der Waals surface area contributed by atoms with Crippen LogP contribution < -0.4 is 16.4 Å². The van der Waals surface area contributed by atoms with Crippen LogP contribution in [-0.2, 0) is 12.7 Å². The van der Waals surface area contributed by atoms with Crippen LogP contribution >= 0.6 is 0 Å². The number of nitrogens with two attached hydrogens (primary N) is 2. The van der Waals surface area contributed by atoms with Crippen molar-refractivity contribution in [3.63, 3.8) is 0 Å². The minimum absolute atomic E-state index is 0.0473. The normalized spacial score (nSPS) is 14.3. The Morgan fingerprint density at radius 2 is 1.86 bits per heavy atom. The van der Waals surface area contributed by atoms with Crippen molar-refractivity contribution in [1.82, 2.24) is 19.8 Å². The van der Waals surface area contributed by atoms with Gasteiger partial charge < -0.3 is 16.0 Å². The van der Waals surface area contributed by atoms with Crippen LogP contribution in [-0.4, -0.2) is 71.2 Å². The molecule has 1 aliphatic heterocycles. The van der Waals surface area contributed by atoms with Crippen molar-refractivity contribution in [3.05, 3.63) is 76.1 Å². The maximum atomic E-state index is 14.1. The molecule has 0 aliphatic carbocycles. The van der Waals surface area contributed by atoms with Gasteiger partial charge in [-0.1, -0.05) is 31.9 Å². The molecule has 1 aliphatic rings. The molecular weight excluding hydrogens is 569 g/mol. The molecule has 1 aromatic heterocycles. The number of carbonyl (C=O) groups excluding carboxylic acids is 1. The number of amides is 1. The average Bonchev–Trinajstić information content (AvgIpc) is 2.97. The van der Waals surface area contributed by atoms with Gasteiger partial charge in [-0.3, -0.25) is 20.4 Å². The van der Waals surface area contributed by atoms with Gasteiger partial charge in [0.1, 0.15) is 23.4 Å². The number of hydrogen-bond acceptors (Lipinski definition) is 7. The summed E-state index contributed by atoms with van der Waals surface area (Å²) in [4.78, 5) is 25.6. The highest BCUT2D eigenvalue weighted by molar-refractivity contribution is 6.15. The lowest BCUT2D eigenvalue weighted by atomic mass is 9.95. The number of halogens is 3. The number of nitrogens with one attached hydrogen (secondary N) is 2. The van der Waals surface area contributed by atoms with Crippen molar-refractivity contribution in [2.45, 2.75) is 39.4 Å². The molecule has 2 heterocycles. The molecule has 6 N–H and O–H groups in total. The SMILES string of the molecule is CC[NH2+]c1ncnc(N)c1C(=N)C#Cc1cc(C(=O)Nc2ccc(CN3CCN(C)CC3)c(C(F)(F)F)c2)ccc1C(C)C. The van der Waals surface area contributed by atoms with Crippen LogP contribution in [0.3, 0.4) is 0 Å². The Morgan fingerprint density at radius 3 is 2.52 bits per heavy atom. The van der Waals surface area contributed by atoms with Crippen molar-refractivity contribution in [2.24, 2.45) is 0 Å². The first kappa shape index (κ1) is 32.6. The van der Waals surface area contributed by atoms with Gasteiger partial charge in [0.25, 0.3) is 5.91 Å². The van der Waals surface area contributed by atoms with E-state index in [4.69, 9.17) is 11.1 Å². The van der Waals surface area contributed by atoms with Crippen molar-refractivity contribution in [1.29, 1.82) is 5.41 Å². The van der Waals surface area contributed by atoms with Crippen molar-refractivity contribution in [2.75, 3.05) is 50.8 Å².